The Morgan fingerprint density at radius 2 is 0.625 bits per heavy atom. The third-order valence-electron chi connectivity index (χ3n) is 0. The molecule has 0 spiro atoms. The molecule has 6 heteroatoms. The SMILES string of the molecule is C=[NH2+].C=[NH2+].O.O.[Cl-].[Cl-]. The van der Waals surface area contributed by atoms with E-state index in [9.17, 15) is 0 Å². The normalized spacial score (nSPS) is 1.00. The van der Waals surface area contributed by atoms with Gasteiger partial charge in [0.25, 0.3) is 0 Å². The second-order valence-corrected chi connectivity index (χ2v) is 0. The largest absolute Gasteiger partial charge is 1.00 e. The smallest absolute Gasteiger partial charge is 0.123 e. The molecule has 0 bridgehead atoms. The van der Waals surface area contributed by atoms with Gasteiger partial charge in [-0.3, -0.25) is 10.8 Å². The molecule has 0 saturated heterocycles. The summed E-state index contributed by atoms with van der Waals surface area (Å²) in [4.78, 5) is 0. The summed E-state index contributed by atoms with van der Waals surface area (Å²) in [5.74, 6) is 0. The predicted molar refractivity (Wildman–Crippen MR) is 25.3 cm³/mol. The van der Waals surface area contributed by atoms with Crippen LogP contribution in [-0.4, -0.2) is 24.4 Å². The fourth-order valence-electron chi connectivity index (χ4n) is 0. The third-order valence-corrected chi connectivity index (χ3v) is 0. The van der Waals surface area contributed by atoms with Gasteiger partial charge in [-0.1, -0.05) is 0 Å². The monoisotopic (exact) mass is 166 g/mol. The van der Waals surface area contributed by atoms with Crippen LogP contribution in [0.25, 0.3) is 0 Å². The van der Waals surface area contributed by atoms with Crippen molar-refractivity contribution >= 4 is 13.4 Å². The summed E-state index contributed by atoms with van der Waals surface area (Å²) in [5.41, 5.74) is 0. The lowest BCUT2D eigenvalue weighted by molar-refractivity contribution is -0.0987. The van der Waals surface area contributed by atoms with Gasteiger partial charge in [0.2, 0.25) is 0 Å². The standard InChI is InChI=1S/2CH3N.2ClH.2H2O/c2*1-2;;;;/h2*2H,1H2;2*1H;2*1H2. The Kier molecular flexibility index (Phi) is 123000. The van der Waals surface area contributed by atoms with E-state index in [1.807, 2.05) is 0 Å². The van der Waals surface area contributed by atoms with Crippen molar-refractivity contribution < 1.29 is 46.6 Å². The van der Waals surface area contributed by atoms with Crippen LogP contribution < -0.4 is 35.6 Å². The molecule has 0 aromatic rings. The maximum absolute atomic E-state index is 4.25. The van der Waals surface area contributed by atoms with Crippen LogP contribution in [0.3, 0.4) is 0 Å². The number of rotatable bonds is 0. The molecule has 0 unspecified atom stereocenters. The molecule has 8 N–H and O–H groups in total. The Labute approximate surface area is 60.7 Å². The average molecular weight is 167 g/mol. The summed E-state index contributed by atoms with van der Waals surface area (Å²) >= 11 is 0. The Hall–Kier alpha value is -0.160. The minimum absolute atomic E-state index is 0. The Morgan fingerprint density at radius 3 is 0.625 bits per heavy atom. The highest BCUT2D eigenvalue weighted by Gasteiger charge is 0.664. The van der Waals surface area contributed by atoms with E-state index in [2.05, 4.69) is 24.3 Å². The first kappa shape index (κ1) is 108. The molecule has 56 valence electrons. The lowest BCUT2D eigenvalue weighted by Gasteiger charge is -1.00. The van der Waals surface area contributed by atoms with Crippen molar-refractivity contribution in [2.45, 2.75) is 0 Å². The lowest BCUT2D eigenvalue weighted by Crippen LogP contribution is -3.00. The number of hydrogen-bond donors (Lipinski definition) is 2. The van der Waals surface area contributed by atoms with Gasteiger partial charge >= 0.3 is 0 Å². The molecule has 0 aromatic heterocycles. The van der Waals surface area contributed by atoms with Gasteiger partial charge in [-0.2, -0.15) is 0 Å². The molecule has 8 heavy (non-hydrogen) atoms. The maximum Gasteiger partial charge on any atom is 0.123 e. The minimum Gasteiger partial charge on any atom is -1.00 e. The van der Waals surface area contributed by atoms with Gasteiger partial charge in [0.15, 0.2) is 0 Å². The molecular weight excluding hydrogens is 155 g/mol. The zero-order valence-electron chi connectivity index (χ0n) is 4.32. The second-order valence-electron chi connectivity index (χ2n) is 0. The van der Waals surface area contributed by atoms with Crippen LogP contribution in [-0.2, 0) is 0 Å². The summed E-state index contributed by atoms with van der Waals surface area (Å²) in [7, 11) is 0. The Balaban J connectivity index is -0.00000000167. The van der Waals surface area contributed by atoms with Crippen LogP contribution in [0.2, 0.25) is 0 Å². The molecule has 0 saturated carbocycles. The third kappa shape index (κ3) is 5340. The van der Waals surface area contributed by atoms with Gasteiger partial charge in [-0.15, -0.1) is 0 Å². The predicted octanol–water partition coefficient (Wildman–Crippen LogP) is -10.7. The van der Waals surface area contributed by atoms with Crippen LogP contribution >= 0.6 is 0 Å². The zero-order valence-corrected chi connectivity index (χ0v) is 5.84. The number of nitrogens with two attached hydrogens (primary N) is 2. The molecule has 0 atom stereocenters. The van der Waals surface area contributed by atoms with Gasteiger partial charge in [-0.25, -0.2) is 0 Å². The molecule has 0 radical (unpaired) electrons. The van der Waals surface area contributed by atoms with Crippen LogP contribution in [0.4, 0.5) is 0 Å². The molecule has 0 amide bonds. The van der Waals surface area contributed by atoms with E-state index in [-0.39, 0.29) is 35.8 Å². The summed E-state index contributed by atoms with van der Waals surface area (Å²) in [5, 5.41) is 8.50. The zero-order chi connectivity index (χ0) is 4.00. The molecule has 0 aromatic carbocycles. The van der Waals surface area contributed by atoms with Crippen molar-refractivity contribution in [2.24, 2.45) is 0 Å². The van der Waals surface area contributed by atoms with Crippen molar-refractivity contribution in [3.8, 4) is 0 Å². The summed E-state index contributed by atoms with van der Waals surface area (Å²) in [6.45, 7) is 5.50. The van der Waals surface area contributed by atoms with Crippen LogP contribution in [0, 0.1) is 0 Å². The van der Waals surface area contributed by atoms with Gasteiger partial charge in [0, 0.05) is 0 Å². The molecule has 4 nitrogen and oxygen atoms in total. The molecule has 0 fully saturated rings. The Morgan fingerprint density at radius 1 is 0.625 bits per heavy atom. The molecule has 0 aliphatic heterocycles. The summed E-state index contributed by atoms with van der Waals surface area (Å²) in [6, 6.07) is 0. The van der Waals surface area contributed by atoms with E-state index in [0.717, 1.165) is 0 Å². The highest BCUT2D eigenvalue weighted by Crippen LogP contribution is -0.0177. The van der Waals surface area contributed by atoms with Gasteiger partial charge in [-0.05, 0) is 0 Å². The molecule has 0 aliphatic rings. The highest BCUT2D eigenvalue weighted by molar-refractivity contribution is 5.11. The fraction of sp³-hybridized carbons (Fsp3) is 0. The van der Waals surface area contributed by atoms with E-state index >= 15 is 0 Å². The van der Waals surface area contributed by atoms with E-state index in [1.54, 1.807) is 0 Å². The number of halogens is 2. The van der Waals surface area contributed by atoms with Crippen LogP contribution in [0.5, 0.6) is 0 Å². The topological polar surface area (TPSA) is 114 Å². The van der Waals surface area contributed by atoms with E-state index in [1.165, 1.54) is 0 Å². The fourth-order valence-corrected chi connectivity index (χ4v) is 0. The quantitative estimate of drug-likeness (QED) is 0.333. The summed E-state index contributed by atoms with van der Waals surface area (Å²) < 4.78 is 0. The summed E-state index contributed by atoms with van der Waals surface area (Å²) in [6.07, 6.45) is 0. The lowest BCUT2D eigenvalue weighted by atomic mass is 11.8. The van der Waals surface area contributed by atoms with Gasteiger partial charge in [0.1, 0.15) is 13.4 Å². The second kappa shape index (κ2) is 9110. The average Bonchev–Trinajstić information content (AvgIpc) is 1.50. The van der Waals surface area contributed by atoms with Crippen LogP contribution in [0.1, 0.15) is 0 Å². The Bertz CT molecular complexity index is 18.0. The van der Waals surface area contributed by atoms with E-state index in [0.29, 0.717) is 0 Å². The van der Waals surface area contributed by atoms with Crippen LogP contribution in [0.15, 0.2) is 0 Å². The van der Waals surface area contributed by atoms with Gasteiger partial charge in [0.05, 0.1) is 0 Å². The minimum atomic E-state index is 0. The van der Waals surface area contributed by atoms with E-state index in [4.69, 9.17) is 0 Å². The molecule has 0 heterocycles. The van der Waals surface area contributed by atoms with Crippen molar-refractivity contribution in [3.63, 3.8) is 0 Å². The first-order chi connectivity index (χ1) is 2.00. The van der Waals surface area contributed by atoms with Crippen molar-refractivity contribution in [1.29, 1.82) is 0 Å². The van der Waals surface area contributed by atoms with Crippen molar-refractivity contribution in [2.75, 3.05) is 0 Å². The van der Waals surface area contributed by atoms with Crippen molar-refractivity contribution in [1.82, 2.24) is 0 Å². The maximum atomic E-state index is 4.25. The van der Waals surface area contributed by atoms with Gasteiger partial charge < -0.3 is 35.8 Å². The highest BCUT2D eigenvalue weighted by atomic mass is 35.5. The molecular formula is C2H12Cl2N2O2. The van der Waals surface area contributed by atoms with E-state index < -0.39 is 0 Å². The van der Waals surface area contributed by atoms with Crippen molar-refractivity contribution in [3.05, 3.63) is 0 Å². The first-order valence-electron chi connectivity index (χ1n) is 0.816. The first-order valence-corrected chi connectivity index (χ1v) is 0.816. The number of hydrogen-bond acceptors (Lipinski definition) is 0. The molecule has 0 aliphatic carbocycles. The molecule has 0 rings (SSSR count).